The largest absolute Gasteiger partial charge is 0.317 e. The van der Waals surface area contributed by atoms with Crippen molar-refractivity contribution in [3.05, 3.63) is 47.5 Å². The van der Waals surface area contributed by atoms with Gasteiger partial charge in [0.15, 0.2) is 0 Å². The average molecular weight is 304 g/mol. The highest BCUT2D eigenvalue weighted by Crippen LogP contribution is 2.21. The summed E-state index contributed by atoms with van der Waals surface area (Å²) in [4.78, 5) is 0. The number of rotatable bonds is 8. The number of benzene rings is 1. The lowest BCUT2D eigenvalue weighted by atomic mass is 10.2. The number of nitrogens with one attached hydrogen (secondary N) is 2. The van der Waals surface area contributed by atoms with E-state index < -0.39 is 0 Å². The number of hydrogen-bond acceptors (Lipinski definition) is 4. The Morgan fingerprint density at radius 2 is 2.14 bits per heavy atom. The van der Waals surface area contributed by atoms with Crippen LogP contribution in [0.5, 0.6) is 0 Å². The van der Waals surface area contributed by atoms with Crippen LogP contribution in [0.1, 0.15) is 30.7 Å². The predicted octanol–water partition coefficient (Wildman–Crippen LogP) is 2.17. The third-order valence-corrected chi connectivity index (χ3v) is 3.79. The molecule has 118 valence electrons. The zero-order chi connectivity index (χ0) is 15.4. The Morgan fingerprint density at radius 1 is 1.32 bits per heavy atom. The fourth-order valence-electron chi connectivity index (χ4n) is 2.46. The molecule has 1 aromatic heterocycles. The second-order valence-corrected chi connectivity index (χ2v) is 5.66. The van der Waals surface area contributed by atoms with E-state index in [4.69, 9.17) is 5.21 Å². The van der Waals surface area contributed by atoms with Crippen molar-refractivity contribution in [2.24, 2.45) is 0 Å². The average Bonchev–Trinajstić information content (AvgIpc) is 3.27. The second kappa shape index (κ2) is 7.00. The molecule has 1 aliphatic carbocycles. The number of nitrogens with zero attached hydrogens (tertiary/aromatic N) is 2. The third kappa shape index (κ3) is 3.71. The first-order chi connectivity index (χ1) is 10.8. The molecule has 1 aromatic carbocycles. The van der Waals surface area contributed by atoms with Gasteiger partial charge in [0.2, 0.25) is 0 Å². The molecule has 0 bridgehead atoms. The number of aromatic nitrogens is 2. The Morgan fingerprint density at radius 3 is 2.86 bits per heavy atom. The number of hydrogen-bond donors (Lipinski definition) is 3. The van der Waals surface area contributed by atoms with E-state index in [0.29, 0.717) is 24.8 Å². The maximum atomic E-state index is 14.0. The first kappa shape index (κ1) is 15.1. The Kier molecular flexibility index (Phi) is 4.82. The predicted molar refractivity (Wildman–Crippen MR) is 81.5 cm³/mol. The van der Waals surface area contributed by atoms with Crippen LogP contribution < -0.4 is 10.8 Å². The van der Waals surface area contributed by atoms with E-state index >= 15 is 0 Å². The molecule has 0 unspecified atom stereocenters. The van der Waals surface area contributed by atoms with Gasteiger partial charge in [-0.1, -0.05) is 12.1 Å². The van der Waals surface area contributed by atoms with E-state index in [9.17, 15) is 4.39 Å². The minimum atomic E-state index is -0.283. The van der Waals surface area contributed by atoms with Gasteiger partial charge in [0.25, 0.3) is 0 Å². The second-order valence-electron chi connectivity index (χ2n) is 5.66. The van der Waals surface area contributed by atoms with E-state index in [2.05, 4.69) is 15.9 Å². The molecule has 0 amide bonds. The molecule has 2 aromatic rings. The highest BCUT2D eigenvalue weighted by molar-refractivity contribution is 5.35. The van der Waals surface area contributed by atoms with E-state index in [0.717, 1.165) is 24.2 Å². The van der Waals surface area contributed by atoms with Gasteiger partial charge in [0.05, 0.1) is 5.69 Å². The molecule has 1 fully saturated rings. The standard InChI is InChI=1S/C16H21FN4O/c17-15-5-1-2-6-16(15)21-14(4-3-9-19-22)10-13(20-21)11-18-12-7-8-12/h1-2,5-6,10,12,18-19,22H,3-4,7-9,11H2. The van der Waals surface area contributed by atoms with Crippen molar-refractivity contribution in [2.45, 2.75) is 38.3 Å². The van der Waals surface area contributed by atoms with E-state index in [-0.39, 0.29) is 5.82 Å². The lowest BCUT2D eigenvalue weighted by molar-refractivity contribution is 0.165. The molecule has 1 aliphatic rings. The normalized spacial score (nSPS) is 14.5. The highest BCUT2D eigenvalue weighted by Gasteiger charge is 2.21. The van der Waals surface area contributed by atoms with Crippen molar-refractivity contribution in [1.82, 2.24) is 20.6 Å². The van der Waals surface area contributed by atoms with Crippen molar-refractivity contribution in [3.63, 3.8) is 0 Å². The molecule has 5 nitrogen and oxygen atoms in total. The van der Waals surface area contributed by atoms with Gasteiger partial charge in [-0.3, -0.25) is 0 Å². The summed E-state index contributed by atoms with van der Waals surface area (Å²) >= 11 is 0. The highest BCUT2D eigenvalue weighted by atomic mass is 19.1. The lowest BCUT2D eigenvalue weighted by Gasteiger charge is -2.08. The van der Waals surface area contributed by atoms with Crippen molar-refractivity contribution in [2.75, 3.05) is 6.54 Å². The Balaban J connectivity index is 1.82. The molecule has 0 atom stereocenters. The molecule has 0 aliphatic heterocycles. The van der Waals surface area contributed by atoms with Crippen LogP contribution >= 0.6 is 0 Å². The van der Waals surface area contributed by atoms with Crippen molar-refractivity contribution in [3.8, 4) is 5.69 Å². The number of para-hydroxylation sites is 1. The molecular formula is C16H21FN4O. The summed E-state index contributed by atoms with van der Waals surface area (Å²) in [6, 6.07) is 9.28. The maximum Gasteiger partial charge on any atom is 0.148 e. The van der Waals surface area contributed by atoms with Crippen molar-refractivity contribution < 1.29 is 9.60 Å². The zero-order valence-electron chi connectivity index (χ0n) is 12.4. The van der Waals surface area contributed by atoms with Gasteiger partial charge < -0.3 is 10.5 Å². The molecule has 22 heavy (non-hydrogen) atoms. The minimum Gasteiger partial charge on any atom is -0.317 e. The summed E-state index contributed by atoms with van der Waals surface area (Å²) in [7, 11) is 0. The van der Waals surface area contributed by atoms with E-state index in [1.165, 1.54) is 18.9 Å². The summed E-state index contributed by atoms with van der Waals surface area (Å²) in [5.74, 6) is -0.283. The van der Waals surface area contributed by atoms with Crippen LogP contribution in [0.4, 0.5) is 4.39 Å². The van der Waals surface area contributed by atoms with Gasteiger partial charge in [-0.15, -0.1) is 0 Å². The molecule has 0 spiro atoms. The van der Waals surface area contributed by atoms with Crippen LogP contribution in [0.2, 0.25) is 0 Å². The molecular weight excluding hydrogens is 283 g/mol. The van der Waals surface area contributed by atoms with Crippen LogP contribution in [0.3, 0.4) is 0 Å². The summed E-state index contributed by atoms with van der Waals surface area (Å²) in [5.41, 5.74) is 4.48. The molecule has 0 saturated heterocycles. The number of hydroxylamine groups is 1. The van der Waals surface area contributed by atoms with Gasteiger partial charge in [-0.05, 0) is 43.9 Å². The van der Waals surface area contributed by atoms with Gasteiger partial charge in [-0.2, -0.15) is 5.10 Å². The molecule has 1 saturated carbocycles. The van der Waals surface area contributed by atoms with Crippen molar-refractivity contribution >= 4 is 0 Å². The van der Waals surface area contributed by atoms with Gasteiger partial charge in [0.1, 0.15) is 11.5 Å². The van der Waals surface area contributed by atoms with Crippen LogP contribution in [0, 0.1) is 5.82 Å². The smallest absolute Gasteiger partial charge is 0.148 e. The fraction of sp³-hybridized carbons (Fsp3) is 0.438. The number of aryl methyl sites for hydroxylation is 1. The van der Waals surface area contributed by atoms with Crippen LogP contribution in [-0.4, -0.2) is 27.6 Å². The minimum absolute atomic E-state index is 0.283. The fourth-order valence-corrected chi connectivity index (χ4v) is 2.46. The third-order valence-electron chi connectivity index (χ3n) is 3.79. The Bertz CT molecular complexity index is 624. The molecule has 0 radical (unpaired) electrons. The molecule has 6 heteroatoms. The van der Waals surface area contributed by atoms with E-state index in [1.54, 1.807) is 22.9 Å². The summed E-state index contributed by atoms with van der Waals surface area (Å²) in [5, 5.41) is 16.7. The zero-order valence-corrected chi connectivity index (χ0v) is 12.4. The summed E-state index contributed by atoms with van der Waals surface area (Å²) in [6.07, 6.45) is 3.93. The van der Waals surface area contributed by atoms with Crippen LogP contribution in [0.25, 0.3) is 5.69 Å². The first-order valence-corrected chi connectivity index (χ1v) is 7.71. The topological polar surface area (TPSA) is 62.1 Å². The van der Waals surface area contributed by atoms with Gasteiger partial charge in [0, 0.05) is 24.8 Å². The number of halogens is 1. The molecule has 3 N–H and O–H groups in total. The van der Waals surface area contributed by atoms with Crippen molar-refractivity contribution in [1.29, 1.82) is 0 Å². The lowest BCUT2D eigenvalue weighted by Crippen LogP contribution is -2.15. The first-order valence-electron chi connectivity index (χ1n) is 7.71. The van der Waals surface area contributed by atoms with Crippen LogP contribution in [-0.2, 0) is 13.0 Å². The Labute approximate surface area is 129 Å². The van der Waals surface area contributed by atoms with Gasteiger partial charge in [-0.25, -0.2) is 14.6 Å². The molecule has 3 rings (SSSR count). The summed E-state index contributed by atoms with van der Waals surface area (Å²) in [6.45, 7) is 1.20. The van der Waals surface area contributed by atoms with E-state index in [1.807, 2.05) is 6.07 Å². The van der Waals surface area contributed by atoms with Gasteiger partial charge >= 0.3 is 0 Å². The molecule has 1 heterocycles. The summed E-state index contributed by atoms with van der Waals surface area (Å²) < 4.78 is 15.7. The SMILES string of the molecule is ONCCCc1cc(CNC2CC2)nn1-c1ccccc1F. The Hall–Kier alpha value is -1.76. The van der Waals surface area contributed by atoms with Crippen LogP contribution in [0.15, 0.2) is 30.3 Å². The quantitative estimate of drug-likeness (QED) is 0.517. The monoisotopic (exact) mass is 304 g/mol. The maximum absolute atomic E-state index is 14.0.